The smallest absolute Gasteiger partial charge is 0.410 e. The van der Waals surface area contributed by atoms with Crippen molar-refractivity contribution in [3.05, 3.63) is 64.7 Å². The number of rotatable bonds is 5. The second-order valence-corrected chi connectivity index (χ2v) is 12.0. The van der Waals surface area contributed by atoms with Gasteiger partial charge in [-0.25, -0.2) is 23.6 Å². The molecule has 41 heavy (non-hydrogen) atoms. The normalized spacial score (nSPS) is 18.0. The summed E-state index contributed by atoms with van der Waals surface area (Å²) in [4.78, 5) is 45.5. The zero-order valence-corrected chi connectivity index (χ0v) is 23.3. The average Bonchev–Trinajstić information content (AvgIpc) is 3.70. The van der Waals surface area contributed by atoms with Gasteiger partial charge in [0.15, 0.2) is 6.04 Å². The fraction of sp³-hybridized carbons (Fsp3) is 0.483. The minimum absolute atomic E-state index is 0.129. The van der Waals surface area contributed by atoms with Gasteiger partial charge in [0.25, 0.3) is 5.91 Å². The standard InChI is InChI=1S/C29H33FN6O5/c1-29(2,3)41-28(40)33-9-6-17(7-10-33)18-13-32-36(14-18)19-11-20-21(22(30)12-19)15-35(26(20)37)25(27(38)39)24-23-5-4-8-34(23)16-31-24/h11-14,16-17,25H,4-10,15H2,1-3H3,(H,38,39). The molecule has 6 rings (SSSR count). The molecule has 1 aromatic carbocycles. The Balaban J connectivity index is 1.19. The summed E-state index contributed by atoms with van der Waals surface area (Å²) in [6.07, 6.45) is 7.90. The van der Waals surface area contributed by atoms with Gasteiger partial charge in [-0.15, -0.1) is 0 Å². The SMILES string of the molecule is CC(C)(C)OC(=O)N1CCC(c2cnn(-c3cc(F)c4c(c3)C(=O)N(C(C(=O)O)c3ncn5c3CCC5)C4)c2)CC1. The number of halogens is 1. The summed E-state index contributed by atoms with van der Waals surface area (Å²) >= 11 is 0. The highest BCUT2D eigenvalue weighted by Gasteiger charge is 2.42. The van der Waals surface area contributed by atoms with Crippen LogP contribution in [0.5, 0.6) is 0 Å². The molecule has 1 unspecified atom stereocenters. The van der Waals surface area contributed by atoms with Gasteiger partial charge in [-0.1, -0.05) is 0 Å². The monoisotopic (exact) mass is 564 g/mol. The lowest BCUT2D eigenvalue weighted by atomic mass is 9.92. The Morgan fingerprint density at radius 3 is 2.63 bits per heavy atom. The number of ether oxygens (including phenoxy) is 1. The first kappa shape index (κ1) is 27.0. The summed E-state index contributed by atoms with van der Waals surface area (Å²) in [5, 5.41) is 14.5. The third-order valence-electron chi connectivity index (χ3n) is 8.08. The van der Waals surface area contributed by atoms with Gasteiger partial charge < -0.3 is 24.2 Å². The highest BCUT2D eigenvalue weighted by Crippen LogP contribution is 2.36. The molecule has 1 N–H and O–H groups in total. The molecule has 216 valence electrons. The molecule has 1 atom stereocenters. The van der Waals surface area contributed by atoms with E-state index in [2.05, 4.69) is 10.1 Å². The first-order valence-corrected chi connectivity index (χ1v) is 13.9. The van der Waals surface area contributed by atoms with Crippen molar-refractivity contribution in [2.75, 3.05) is 13.1 Å². The number of hydrogen-bond acceptors (Lipinski definition) is 6. The maximum absolute atomic E-state index is 15.4. The average molecular weight is 565 g/mol. The van der Waals surface area contributed by atoms with Crippen molar-refractivity contribution in [1.82, 2.24) is 29.1 Å². The Morgan fingerprint density at radius 1 is 1.17 bits per heavy atom. The van der Waals surface area contributed by atoms with Gasteiger partial charge in [0.05, 0.1) is 30.5 Å². The molecule has 11 nitrogen and oxygen atoms in total. The van der Waals surface area contributed by atoms with Crippen LogP contribution in [0.2, 0.25) is 0 Å². The lowest BCUT2D eigenvalue weighted by molar-refractivity contribution is -0.142. The van der Waals surface area contributed by atoms with E-state index in [1.807, 2.05) is 31.5 Å². The van der Waals surface area contributed by atoms with Gasteiger partial charge in [-0.05, 0) is 70.1 Å². The Morgan fingerprint density at radius 2 is 1.93 bits per heavy atom. The number of carbonyl (C=O) groups is 3. The van der Waals surface area contributed by atoms with E-state index in [0.29, 0.717) is 30.9 Å². The number of aliphatic carboxylic acids is 1. The highest BCUT2D eigenvalue weighted by molar-refractivity contribution is 6.01. The summed E-state index contributed by atoms with van der Waals surface area (Å²) in [5.41, 5.74) is 2.24. The van der Waals surface area contributed by atoms with Gasteiger partial charge in [-0.2, -0.15) is 5.10 Å². The van der Waals surface area contributed by atoms with Crippen molar-refractivity contribution < 1.29 is 28.6 Å². The summed E-state index contributed by atoms with van der Waals surface area (Å²) in [6, 6.07) is 1.59. The van der Waals surface area contributed by atoms with Gasteiger partial charge >= 0.3 is 12.1 Å². The zero-order valence-electron chi connectivity index (χ0n) is 23.3. The predicted molar refractivity (Wildman–Crippen MR) is 144 cm³/mol. The molecule has 2 amide bonds. The van der Waals surface area contributed by atoms with E-state index in [1.54, 1.807) is 23.5 Å². The van der Waals surface area contributed by atoms with Crippen LogP contribution >= 0.6 is 0 Å². The first-order valence-electron chi connectivity index (χ1n) is 13.9. The number of piperidine rings is 1. The molecule has 3 aliphatic rings. The van der Waals surface area contributed by atoms with Gasteiger partial charge in [0, 0.05) is 42.7 Å². The van der Waals surface area contributed by atoms with E-state index in [1.165, 1.54) is 15.6 Å². The number of nitrogens with zero attached hydrogens (tertiary/aromatic N) is 6. The van der Waals surface area contributed by atoms with E-state index < -0.39 is 29.3 Å². The molecule has 3 aliphatic heterocycles. The van der Waals surface area contributed by atoms with E-state index >= 15 is 4.39 Å². The van der Waals surface area contributed by atoms with Crippen LogP contribution in [-0.4, -0.2) is 70.9 Å². The topological polar surface area (TPSA) is 123 Å². The van der Waals surface area contributed by atoms with Crippen molar-refractivity contribution >= 4 is 18.0 Å². The largest absolute Gasteiger partial charge is 0.479 e. The van der Waals surface area contributed by atoms with Crippen LogP contribution in [0.3, 0.4) is 0 Å². The minimum Gasteiger partial charge on any atom is -0.479 e. The fourth-order valence-electron chi connectivity index (χ4n) is 6.05. The van der Waals surface area contributed by atoms with E-state index in [9.17, 15) is 19.5 Å². The van der Waals surface area contributed by atoms with Crippen LogP contribution in [-0.2, 0) is 29.0 Å². The number of likely N-dealkylation sites (tertiary alicyclic amines) is 1. The number of imidazole rings is 1. The predicted octanol–water partition coefficient (Wildman–Crippen LogP) is 4.05. The number of carboxylic acids is 1. The van der Waals surface area contributed by atoms with E-state index in [0.717, 1.165) is 37.1 Å². The van der Waals surface area contributed by atoms with Crippen LogP contribution in [0.4, 0.5) is 9.18 Å². The van der Waals surface area contributed by atoms with Crippen LogP contribution < -0.4 is 0 Å². The molecule has 0 spiro atoms. The lowest BCUT2D eigenvalue weighted by Gasteiger charge is -2.33. The summed E-state index contributed by atoms with van der Waals surface area (Å²) < 4.78 is 24.3. The molecule has 12 heteroatoms. The Hall–Kier alpha value is -4.22. The number of hydrogen-bond donors (Lipinski definition) is 1. The summed E-state index contributed by atoms with van der Waals surface area (Å²) in [7, 11) is 0. The van der Waals surface area contributed by atoms with Crippen LogP contribution in [0.15, 0.2) is 30.9 Å². The molecule has 1 fully saturated rings. The molecule has 2 aromatic heterocycles. The maximum Gasteiger partial charge on any atom is 0.410 e. The van der Waals surface area contributed by atoms with Gasteiger partial charge in [-0.3, -0.25) is 4.79 Å². The molecule has 5 heterocycles. The van der Waals surface area contributed by atoms with Crippen molar-refractivity contribution in [2.24, 2.45) is 0 Å². The third-order valence-corrected chi connectivity index (χ3v) is 8.08. The molecule has 0 aliphatic carbocycles. The number of benzene rings is 1. The van der Waals surface area contributed by atoms with Crippen LogP contribution in [0.1, 0.15) is 84.9 Å². The Labute approximate surface area is 236 Å². The molecule has 0 bridgehead atoms. The number of carbonyl (C=O) groups excluding carboxylic acids is 2. The highest BCUT2D eigenvalue weighted by atomic mass is 19.1. The van der Waals surface area contributed by atoms with E-state index in [-0.39, 0.29) is 29.7 Å². The van der Waals surface area contributed by atoms with Crippen molar-refractivity contribution in [3.8, 4) is 5.69 Å². The Kier molecular flexibility index (Phi) is 6.58. The third kappa shape index (κ3) is 4.95. The number of amides is 2. The Bertz CT molecular complexity index is 1530. The quantitative estimate of drug-likeness (QED) is 0.496. The summed E-state index contributed by atoms with van der Waals surface area (Å²) in [5.74, 6) is -2.16. The summed E-state index contributed by atoms with van der Waals surface area (Å²) in [6.45, 7) is 7.26. The van der Waals surface area contributed by atoms with Crippen molar-refractivity contribution in [1.29, 1.82) is 0 Å². The van der Waals surface area contributed by atoms with Crippen LogP contribution in [0, 0.1) is 5.82 Å². The van der Waals surface area contributed by atoms with Gasteiger partial charge in [0.1, 0.15) is 11.4 Å². The van der Waals surface area contributed by atoms with Gasteiger partial charge in [0.2, 0.25) is 0 Å². The molecular weight excluding hydrogens is 531 g/mol. The molecule has 0 saturated carbocycles. The molecule has 3 aromatic rings. The maximum atomic E-state index is 15.4. The fourth-order valence-corrected chi connectivity index (χ4v) is 6.05. The number of carboxylic acid groups (broad SMARTS) is 1. The second kappa shape index (κ2) is 10.0. The molecule has 0 radical (unpaired) electrons. The zero-order chi connectivity index (χ0) is 29.1. The first-order chi connectivity index (χ1) is 19.5. The van der Waals surface area contributed by atoms with Crippen molar-refractivity contribution in [3.63, 3.8) is 0 Å². The number of fused-ring (bicyclic) bond motifs is 2. The second-order valence-electron chi connectivity index (χ2n) is 12.0. The number of aromatic nitrogens is 4. The molecular formula is C29H33FN6O5. The van der Waals surface area contributed by atoms with E-state index in [4.69, 9.17) is 4.74 Å². The number of aryl methyl sites for hydroxylation is 1. The van der Waals surface area contributed by atoms with Crippen molar-refractivity contribution in [2.45, 2.75) is 77.1 Å². The van der Waals surface area contributed by atoms with Crippen LogP contribution in [0.25, 0.3) is 5.69 Å². The lowest BCUT2D eigenvalue weighted by Crippen LogP contribution is -2.41. The molecule has 1 saturated heterocycles. The minimum atomic E-state index is -1.30.